The third-order valence-electron chi connectivity index (χ3n) is 4.66. The Hall–Kier alpha value is -3.22. The van der Waals surface area contributed by atoms with Crippen molar-refractivity contribution in [2.45, 2.75) is 0 Å². The van der Waals surface area contributed by atoms with Gasteiger partial charge in [0.1, 0.15) is 10.8 Å². The van der Waals surface area contributed by atoms with Gasteiger partial charge < -0.3 is 9.73 Å². The zero-order chi connectivity index (χ0) is 20.5. The molecule has 0 aliphatic rings. The average Bonchev–Trinajstić information content (AvgIpc) is 3.42. The minimum absolute atomic E-state index is 0.257. The lowest BCUT2D eigenvalue weighted by Crippen LogP contribution is -2.11. The van der Waals surface area contributed by atoms with Crippen molar-refractivity contribution in [1.82, 2.24) is 4.98 Å². The molecule has 2 heterocycles. The Morgan fingerprint density at radius 2 is 1.67 bits per heavy atom. The number of para-hydroxylation sites is 2. The highest BCUT2D eigenvalue weighted by atomic mass is 79.9. The van der Waals surface area contributed by atoms with Gasteiger partial charge in [-0.2, -0.15) is 0 Å². The van der Waals surface area contributed by atoms with Gasteiger partial charge in [-0.05, 0) is 48.5 Å². The first kappa shape index (κ1) is 18.8. The standard InChI is InChI=1S/C24H15BrN2O2S/c25-16-11-9-15(10-12-16)20-13-14-21(29-20)23(28)26-18-6-2-1-5-17(18)24-27-19-7-3-4-8-22(19)30-24/h1-14H,(H,26,28). The molecule has 0 aliphatic heterocycles. The summed E-state index contributed by atoms with van der Waals surface area (Å²) in [5, 5.41) is 3.83. The van der Waals surface area contributed by atoms with E-state index >= 15 is 0 Å². The van der Waals surface area contributed by atoms with E-state index in [-0.39, 0.29) is 11.7 Å². The number of hydrogen-bond donors (Lipinski definition) is 1. The van der Waals surface area contributed by atoms with E-state index in [1.54, 1.807) is 23.5 Å². The molecule has 3 aromatic carbocycles. The Balaban J connectivity index is 1.42. The molecule has 5 rings (SSSR count). The lowest BCUT2D eigenvalue weighted by Gasteiger charge is -2.08. The molecule has 1 amide bonds. The van der Waals surface area contributed by atoms with E-state index in [1.165, 1.54) is 0 Å². The third kappa shape index (κ3) is 3.67. The Kier molecular flexibility index (Phi) is 4.94. The van der Waals surface area contributed by atoms with Gasteiger partial charge in [0, 0.05) is 15.6 Å². The maximum atomic E-state index is 12.8. The summed E-state index contributed by atoms with van der Waals surface area (Å²) in [6, 6.07) is 26.9. The monoisotopic (exact) mass is 474 g/mol. The number of benzene rings is 3. The minimum Gasteiger partial charge on any atom is -0.451 e. The van der Waals surface area contributed by atoms with Gasteiger partial charge in [0.25, 0.3) is 5.91 Å². The van der Waals surface area contributed by atoms with Crippen LogP contribution in [0.15, 0.2) is 93.8 Å². The molecule has 0 fully saturated rings. The predicted molar refractivity (Wildman–Crippen MR) is 125 cm³/mol. The second-order valence-electron chi connectivity index (χ2n) is 6.66. The first-order valence-corrected chi connectivity index (χ1v) is 10.9. The van der Waals surface area contributed by atoms with Crippen LogP contribution in [-0.2, 0) is 0 Å². The van der Waals surface area contributed by atoms with Crippen LogP contribution >= 0.6 is 27.3 Å². The lowest BCUT2D eigenvalue weighted by atomic mass is 10.2. The van der Waals surface area contributed by atoms with Gasteiger partial charge in [0.05, 0.1) is 15.9 Å². The number of thiazole rings is 1. The van der Waals surface area contributed by atoms with Gasteiger partial charge in [-0.15, -0.1) is 11.3 Å². The van der Waals surface area contributed by atoms with Crippen molar-refractivity contribution in [3.05, 3.63) is 95.2 Å². The number of aromatic nitrogens is 1. The zero-order valence-corrected chi connectivity index (χ0v) is 18.0. The Morgan fingerprint density at radius 3 is 2.50 bits per heavy atom. The van der Waals surface area contributed by atoms with Crippen LogP contribution in [0.2, 0.25) is 0 Å². The number of nitrogens with zero attached hydrogens (tertiary/aromatic N) is 1. The zero-order valence-electron chi connectivity index (χ0n) is 15.6. The summed E-state index contributed by atoms with van der Waals surface area (Å²) in [6.07, 6.45) is 0. The average molecular weight is 475 g/mol. The molecular weight excluding hydrogens is 460 g/mol. The molecule has 0 radical (unpaired) electrons. The maximum absolute atomic E-state index is 12.8. The molecule has 0 saturated heterocycles. The van der Waals surface area contributed by atoms with E-state index in [4.69, 9.17) is 9.40 Å². The fraction of sp³-hybridized carbons (Fsp3) is 0. The van der Waals surface area contributed by atoms with Crippen LogP contribution in [0.1, 0.15) is 10.6 Å². The fourth-order valence-corrected chi connectivity index (χ4v) is 4.45. The summed E-state index contributed by atoms with van der Waals surface area (Å²) < 4.78 is 7.89. The number of rotatable bonds is 4. The van der Waals surface area contributed by atoms with E-state index < -0.39 is 0 Å². The number of nitrogens with one attached hydrogen (secondary N) is 1. The van der Waals surface area contributed by atoms with Gasteiger partial charge in [0.15, 0.2) is 5.76 Å². The van der Waals surface area contributed by atoms with Crippen molar-refractivity contribution in [3.63, 3.8) is 0 Å². The second kappa shape index (κ2) is 7.89. The predicted octanol–water partition coefficient (Wildman–Crippen LogP) is 7.24. The number of amides is 1. The summed E-state index contributed by atoms with van der Waals surface area (Å²) >= 11 is 5.02. The minimum atomic E-state index is -0.299. The maximum Gasteiger partial charge on any atom is 0.291 e. The molecule has 4 nitrogen and oxygen atoms in total. The van der Waals surface area contributed by atoms with Crippen LogP contribution in [0, 0.1) is 0 Å². The third-order valence-corrected chi connectivity index (χ3v) is 6.26. The first-order valence-electron chi connectivity index (χ1n) is 9.29. The number of hydrogen-bond acceptors (Lipinski definition) is 4. The van der Waals surface area contributed by atoms with Crippen molar-refractivity contribution in [3.8, 4) is 21.9 Å². The van der Waals surface area contributed by atoms with Gasteiger partial charge in [-0.1, -0.05) is 52.3 Å². The molecule has 146 valence electrons. The highest BCUT2D eigenvalue weighted by Crippen LogP contribution is 2.34. The topological polar surface area (TPSA) is 55.1 Å². The smallest absolute Gasteiger partial charge is 0.291 e. The van der Waals surface area contributed by atoms with Gasteiger partial charge >= 0.3 is 0 Å². The van der Waals surface area contributed by atoms with Crippen LogP contribution in [-0.4, -0.2) is 10.9 Å². The largest absolute Gasteiger partial charge is 0.451 e. The van der Waals surface area contributed by atoms with E-state index in [2.05, 4.69) is 21.2 Å². The summed E-state index contributed by atoms with van der Waals surface area (Å²) in [5.74, 6) is 0.603. The van der Waals surface area contributed by atoms with Gasteiger partial charge in [-0.25, -0.2) is 4.98 Å². The number of carbonyl (C=O) groups is 1. The SMILES string of the molecule is O=C(Nc1ccccc1-c1nc2ccccc2s1)c1ccc(-c2ccc(Br)cc2)o1. The van der Waals surface area contributed by atoms with Crippen molar-refractivity contribution >= 4 is 49.1 Å². The number of anilines is 1. The molecule has 1 N–H and O–H groups in total. The number of halogens is 1. The summed E-state index contributed by atoms with van der Waals surface area (Å²) in [6.45, 7) is 0. The molecule has 0 atom stereocenters. The fourth-order valence-electron chi connectivity index (χ4n) is 3.18. The van der Waals surface area contributed by atoms with Crippen LogP contribution in [0.25, 0.3) is 32.1 Å². The van der Waals surface area contributed by atoms with E-state index in [1.807, 2.05) is 72.8 Å². The quantitative estimate of drug-likeness (QED) is 0.298. The molecule has 0 unspecified atom stereocenters. The van der Waals surface area contributed by atoms with Crippen LogP contribution < -0.4 is 5.32 Å². The van der Waals surface area contributed by atoms with E-state index in [0.29, 0.717) is 11.4 Å². The molecular formula is C24H15BrN2O2S. The first-order chi connectivity index (χ1) is 14.7. The molecule has 0 bridgehead atoms. The van der Waals surface area contributed by atoms with Crippen LogP contribution in [0.5, 0.6) is 0 Å². The van der Waals surface area contributed by atoms with Gasteiger partial charge in [-0.3, -0.25) is 4.79 Å². The van der Waals surface area contributed by atoms with Crippen LogP contribution in [0.4, 0.5) is 5.69 Å². The Bertz CT molecular complexity index is 1320. The normalized spacial score (nSPS) is 11.0. The van der Waals surface area contributed by atoms with E-state index in [9.17, 15) is 4.79 Å². The lowest BCUT2D eigenvalue weighted by molar-refractivity contribution is 0.0997. The van der Waals surface area contributed by atoms with Crippen molar-refractivity contribution < 1.29 is 9.21 Å². The number of carbonyl (C=O) groups excluding carboxylic acids is 1. The highest BCUT2D eigenvalue weighted by Gasteiger charge is 2.16. The summed E-state index contributed by atoms with van der Waals surface area (Å²) in [4.78, 5) is 17.6. The van der Waals surface area contributed by atoms with E-state index in [0.717, 1.165) is 30.8 Å². The Labute approximate surface area is 185 Å². The molecule has 0 aliphatic carbocycles. The number of furan rings is 1. The molecule has 0 saturated carbocycles. The Morgan fingerprint density at radius 1 is 0.900 bits per heavy atom. The van der Waals surface area contributed by atoms with Crippen molar-refractivity contribution in [2.75, 3.05) is 5.32 Å². The molecule has 0 spiro atoms. The molecule has 6 heteroatoms. The molecule has 30 heavy (non-hydrogen) atoms. The summed E-state index contributed by atoms with van der Waals surface area (Å²) in [7, 11) is 0. The molecule has 5 aromatic rings. The van der Waals surface area contributed by atoms with Crippen LogP contribution in [0.3, 0.4) is 0 Å². The van der Waals surface area contributed by atoms with Crippen molar-refractivity contribution in [1.29, 1.82) is 0 Å². The number of fused-ring (bicyclic) bond motifs is 1. The molecule has 2 aromatic heterocycles. The second-order valence-corrected chi connectivity index (χ2v) is 8.60. The summed E-state index contributed by atoms with van der Waals surface area (Å²) in [5.41, 5.74) is 3.44. The highest BCUT2D eigenvalue weighted by molar-refractivity contribution is 9.10. The van der Waals surface area contributed by atoms with Crippen molar-refractivity contribution in [2.24, 2.45) is 0 Å². The van der Waals surface area contributed by atoms with Gasteiger partial charge in [0.2, 0.25) is 0 Å².